The van der Waals surface area contributed by atoms with Gasteiger partial charge in [-0.25, -0.2) is 0 Å². The lowest BCUT2D eigenvalue weighted by Crippen LogP contribution is -2.29. The van der Waals surface area contributed by atoms with E-state index >= 15 is 0 Å². The van der Waals surface area contributed by atoms with E-state index in [1.807, 2.05) is 10.6 Å². The first-order valence-electron chi connectivity index (χ1n) is 3.37. The molecule has 1 heterocycles. The maximum Gasteiger partial charge on any atom is 0.320 e. The second-order valence-corrected chi connectivity index (χ2v) is 2.17. The quantitative estimate of drug-likeness (QED) is 0.333. The van der Waals surface area contributed by atoms with Crippen LogP contribution in [0.15, 0.2) is 10.6 Å². The van der Waals surface area contributed by atoms with Crippen molar-refractivity contribution in [1.82, 2.24) is 5.32 Å². The van der Waals surface area contributed by atoms with Gasteiger partial charge in [-0.15, -0.1) is 0 Å². The fourth-order valence-electron chi connectivity index (χ4n) is 0.895. The van der Waals surface area contributed by atoms with Crippen LogP contribution in [0.2, 0.25) is 0 Å². The summed E-state index contributed by atoms with van der Waals surface area (Å²) in [4.78, 5) is 10.1. The maximum absolute atomic E-state index is 10.1. The molecule has 0 aliphatic carbocycles. The molecule has 0 bridgehead atoms. The first-order valence-corrected chi connectivity index (χ1v) is 3.37. The normalized spacial score (nSPS) is 21.8. The van der Waals surface area contributed by atoms with Crippen LogP contribution in [0.4, 0.5) is 0 Å². The average Bonchev–Trinajstić information content (AvgIpc) is 2.57. The van der Waals surface area contributed by atoms with Crippen molar-refractivity contribution >= 4 is 5.97 Å². The van der Waals surface area contributed by atoms with Crippen molar-refractivity contribution in [3.63, 3.8) is 0 Å². The molecule has 0 spiro atoms. The number of hydrogen-bond acceptors (Lipinski definition) is 4. The summed E-state index contributed by atoms with van der Waals surface area (Å²) in [6.45, 7) is 0.858. The highest BCUT2D eigenvalue weighted by Crippen LogP contribution is 2.03. The molecule has 1 rings (SSSR count). The number of nitrogens with zero attached hydrogens (tertiary/aromatic N) is 2. The van der Waals surface area contributed by atoms with Crippen molar-refractivity contribution in [1.29, 1.82) is 0 Å². The van der Waals surface area contributed by atoms with Gasteiger partial charge in [-0.1, -0.05) is 0 Å². The molecule has 0 aromatic carbocycles. The van der Waals surface area contributed by atoms with E-state index in [9.17, 15) is 4.79 Å². The van der Waals surface area contributed by atoms with Gasteiger partial charge < -0.3 is 20.8 Å². The van der Waals surface area contributed by atoms with Crippen molar-refractivity contribution in [3.8, 4) is 0 Å². The lowest BCUT2D eigenvalue weighted by atomic mass is 10.2. The van der Waals surface area contributed by atoms with Crippen molar-refractivity contribution in [3.05, 3.63) is 0 Å². The molecular weight excluding hydrogens is 166 g/mol. The average molecular weight is 177 g/mol. The number of rotatable bonds is 1. The molecule has 1 aliphatic rings. The predicted octanol–water partition coefficient (Wildman–Crippen LogP) is 0.0400. The van der Waals surface area contributed by atoms with E-state index in [2.05, 4.69) is 5.32 Å². The Hall–Kier alpha value is -1.37. The van der Waals surface area contributed by atoms with Gasteiger partial charge in [0, 0.05) is 0 Å². The molecule has 0 aromatic heterocycles. The van der Waals surface area contributed by atoms with Crippen LogP contribution >= 0.6 is 0 Å². The zero-order valence-electron chi connectivity index (χ0n) is 6.34. The lowest BCUT2D eigenvalue weighted by molar-refractivity contribution is -0.139. The monoisotopic (exact) mass is 177 g/mol. The van der Waals surface area contributed by atoms with Crippen LogP contribution in [0.25, 0.3) is 0 Å². The Morgan fingerprint density at radius 3 is 2.17 bits per heavy atom. The van der Waals surface area contributed by atoms with Crippen molar-refractivity contribution in [2.75, 3.05) is 6.54 Å². The Labute approximate surface area is 68.6 Å². The number of hydrogen-bond donors (Lipinski definition) is 4. The second kappa shape index (κ2) is 6.35. The van der Waals surface area contributed by atoms with E-state index in [1.54, 1.807) is 0 Å². The minimum Gasteiger partial charge on any atom is -0.480 e. The SMILES string of the molecule is O=C(O)[C@@H]1CCCN1.ON=NO. The fraction of sp³-hybridized carbons (Fsp3) is 0.800. The molecule has 0 radical (unpaired) electrons. The molecule has 7 heteroatoms. The van der Waals surface area contributed by atoms with Gasteiger partial charge in [0.05, 0.1) is 10.6 Å². The van der Waals surface area contributed by atoms with Gasteiger partial charge in [0.25, 0.3) is 0 Å². The fourth-order valence-corrected chi connectivity index (χ4v) is 0.895. The Balaban J connectivity index is 0.000000261. The predicted molar refractivity (Wildman–Crippen MR) is 37.1 cm³/mol. The number of carboxylic acids is 1. The van der Waals surface area contributed by atoms with Crippen LogP contribution in [0.5, 0.6) is 0 Å². The molecule has 0 amide bonds. The Kier molecular flexibility index (Phi) is 5.62. The molecule has 7 nitrogen and oxygen atoms in total. The summed E-state index contributed by atoms with van der Waals surface area (Å²) in [6, 6.07) is -0.269. The molecule has 1 fully saturated rings. The Morgan fingerprint density at radius 2 is 2.00 bits per heavy atom. The van der Waals surface area contributed by atoms with E-state index in [-0.39, 0.29) is 6.04 Å². The van der Waals surface area contributed by atoms with Crippen LogP contribution in [-0.2, 0) is 4.79 Å². The van der Waals surface area contributed by atoms with Gasteiger partial charge in [0.1, 0.15) is 6.04 Å². The Morgan fingerprint density at radius 1 is 1.42 bits per heavy atom. The van der Waals surface area contributed by atoms with E-state index < -0.39 is 5.97 Å². The van der Waals surface area contributed by atoms with Gasteiger partial charge in [-0.3, -0.25) is 4.79 Å². The summed E-state index contributed by atoms with van der Waals surface area (Å²) in [5.74, 6) is -0.720. The highest BCUT2D eigenvalue weighted by molar-refractivity contribution is 5.73. The molecule has 1 aliphatic heterocycles. The van der Waals surface area contributed by atoms with Crippen LogP contribution < -0.4 is 5.32 Å². The minimum atomic E-state index is -0.720. The number of carboxylic acid groups (broad SMARTS) is 1. The largest absolute Gasteiger partial charge is 0.480 e. The zero-order valence-corrected chi connectivity index (χ0v) is 6.34. The van der Waals surface area contributed by atoms with E-state index in [0.717, 1.165) is 19.4 Å². The topological polar surface area (TPSA) is 115 Å². The second-order valence-electron chi connectivity index (χ2n) is 2.17. The smallest absolute Gasteiger partial charge is 0.320 e. The number of aliphatic carboxylic acids is 1. The molecule has 0 unspecified atom stereocenters. The summed E-state index contributed by atoms with van der Waals surface area (Å²) in [6.07, 6.45) is 1.78. The minimum absolute atomic E-state index is 0.269. The maximum atomic E-state index is 10.1. The van der Waals surface area contributed by atoms with Crippen molar-refractivity contribution in [2.24, 2.45) is 10.6 Å². The molecule has 12 heavy (non-hydrogen) atoms. The first-order chi connectivity index (χ1) is 5.72. The standard InChI is InChI=1S/C5H9NO2.H2N2O2/c7-5(8)4-2-1-3-6-4;3-1-2-4/h4,6H,1-3H2,(H,7,8);(H,1,4)(H,2,3)/t4-;/m0./s1. The summed E-state index contributed by atoms with van der Waals surface area (Å²) >= 11 is 0. The first kappa shape index (κ1) is 10.6. The van der Waals surface area contributed by atoms with E-state index in [0.29, 0.717) is 0 Å². The molecule has 0 saturated carbocycles. The van der Waals surface area contributed by atoms with E-state index in [4.69, 9.17) is 15.5 Å². The van der Waals surface area contributed by atoms with Gasteiger partial charge in [0.2, 0.25) is 0 Å². The molecule has 70 valence electrons. The molecule has 4 N–H and O–H groups in total. The van der Waals surface area contributed by atoms with Crippen molar-refractivity contribution in [2.45, 2.75) is 18.9 Å². The highest BCUT2D eigenvalue weighted by Gasteiger charge is 2.20. The summed E-state index contributed by atoms with van der Waals surface area (Å²) in [7, 11) is 0. The van der Waals surface area contributed by atoms with Gasteiger partial charge >= 0.3 is 5.97 Å². The lowest BCUT2D eigenvalue weighted by Gasteiger charge is -1.99. The molecular formula is C5H11N3O4. The van der Waals surface area contributed by atoms with Gasteiger partial charge in [0.15, 0.2) is 0 Å². The Bertz CT molecular complexity index is 151. The third-order valence-corrected chi connectivity index (χ3v) is 1.40. The number of carbonyl (C=O) groups is 1. The third-order valence-electron chi connectivity index (χ3n) is 1.40. The summed E-state index contributed by atoms with van der Waals surface area (Å²) in [5.41, 5.74) is 0. The molecule has 1 atom stereocenters. The van der Waals surface area contributed by atoms with Crippen LogP contribution in [-0.4, -0.2) is 34.1 Å². The molecule has 0 aromatic rings. The van der Waals surface area contributed by atoms with Crippen LogP contribution in [0, 0.1) is 0 Å². The van der Waals surface area contributed by atoms with Gasteiger partial charge in [-0.2, -0.15) is 0 Å². The highest BCUT2D eigenvalue weighted by atomic mass is 16.5. The molecule has 1 saturated heterocycles. The zero-order chi connectivity index (χ0) is 9.40. The van der Waals surface area contributed by atoms with Crippen LogP contribution in [0.1, 0.15) is 12.8 Å². The third kappa shape index (κ3) is 4.45. The van der Waals surface area contributed by atoms with Crippen LogP contribution in [0.3, 0.4) is 0 Å². The summed E-state index contributed by atoms with van der Waals surface area (Å²) < 4.78 is 0. The number of nitrogens with one attached hydrogen (secondary N) is 1. The van der Waals surface area contributed by atoms with Crippen molar-refractivity contribution < 1.29 is 20.3 Å². The van der Waals surface area contributed by atoms with E-state index in [1.165, 1.54) is 0 Å². The summed E-state index contributed by atoms with van der Waals surface area (Å²) in [5, 5.41) is 29.2. The van der Waals surface area contributed by atoms with Gasteiger partial charge in [-0.05, 0) is 19.4 Å².